The van der Waals surface area contributed by atoms with Gasteiger partial charge in [0, 0.05) is 0 Å². The highest BCUT2D eigenvalue weighted by molar-refractivity contribution is 7.93. The molecule has 0 aliphatic carbocycles. The lowest BCUT2D eigenvalue weighted by Gasteiger charge is -2.23. The van der Waals surface area contributed by atoms with Crippen LogP contribution in [0.3, 0.4) is 0 Å². The summed E-state index contributed by atoms with van der Waals surface area (Å²) in [5.41, 5.74) is 1.25. The number of ether oxygens (including phenoxy) is 2. The molecule has 0 saturated heterocycles. The van der Waals surface area contributed by atoms with Crippen molar-refractivity contribution < 1.29 is 22.7 Å². The summed E-state index contributed by atoms with van der Waals surface area (Å²) in [7, 11) is -2.61. The summed E-state index contributed by atoms with van der Waals surface area (Å²) in [6.45, 7) is 1.51. The van der Waals surface area contributed by atoms with Gasteiger partial charge < -0.3 is 9.47 Å². The van der Waals surface area contributed by atoms with E-state index in [4.69, 9.17) is 9.47 Å². The highest BCUT2D eigenvalue weighted by Crippen LogP contribution is 2.26. The molecule has 0 N–H and O–H groups in total. The summed E-state index contributed by atoms with van der Waals surface area (Å²) in [5, 5.41) is 0. The molecule has 0 heterocycles. The molecule has 0 aliphatic rings. The molecule has 0 fully saturated rings. The average Bonchev–Trinajstić information content (AvgIpc) is 2.74. The third kappa shape index (κ3) is 4.75. The second-order valence-electron chi connectivity index (χ2n) is 6.28. The molecule has 3 aromatic carbocycles. The lowest BCUT2D eigenvalue weighted by molar-refractivity contribution is -0.119. The topological polar surface area (TPSA) is 72.9 Å². The first-order valence-corrected chi connectivity index (χ1v) is 10.3. The van der Waals surface area contributed by atoms with E-state index in [0.29, 0.717) is 11.5 Å². The van der Waals surface area contributed by atoms with E-state index in [-0.39, 0.29) is 10.6 Å². The first-order valence-electron chi connectivity index (χ1n) is 8.88. The Balaban J connectivity index is 1.93. The number of carbonyl (C=O) groups excluding carboxylic acids is 1. The first-order chi connectivity index (χ1) is 13.9. The van der Waals surface area contributed by atoms with E-state index in [1.165, 1.54) is 31.4 Å². The van der Waals surface area contributed by atoms with Crippen LogP contribution in [0, 0.1) is 6.92 Å². The number of methoxy groups -OCH3 is 1. The number of nitrogens with zero attached hydrogens (tertiary/aromatic N) is 1. The summed E-state index contributed by atoms with van der Waals surface area (Å²) in [6.07, 6.45) is 0. The Morgan fingerprint density at radius 2 is 1.45 bits per heavy atom. The molecule has 0 radical (unpaired) electrons. The zero-order valence-corrected chi connectivity index (χ0v) is 16.9. The van der Waals surface area contributed by atoms with Gasteiger partial charge >= 0.3 is 0 Å². The Morgan fingerprint density at radius 3 is 2.03 bits per heavy atom. The van der Waals surface area contributed by atoms with Crippen molar-refractivity contribution >= 4 is 21.6 Å². The van der Waals surface area contributed by atoms with E-state index in [1.54, 1.807) is 42.5 Å². The lowest BCUT2D eigenvalue weighted by atomic mass is 10.2. The Morgan fingerprint density at radius 1 is 0.862 bits per heavy atom. The molecule has 7 heteroatoms. The predicted octanol–water partition coefficient (Wildman–Crippen LogP) is 3.80. The second kappa shape index (κ2) is 8.79. The van der Waals surface area contributed by atoms with Gasteiger partial charge in [-0.1, -0.05) is 35.9 Å². The second-order valence-corrected chi connectivity index (χ2v) is 8.06. The van der Waals surface area contributed by atoms with Crippen LogP contribution in [0.1, 0.15) is 5.56 Å². The Labute approximate surface area is 170 Å². The Kier molecular flexibility index (Phi) is 6.19. The van der Waals surface area contributed by atoms with E-state index < -0.39 is 22.5 Å². The number of benzene rings is 3. The van der Waals surface area contributed by atoms with Gasteiger partial charge in [0.1, 0.15) is 11.5 Å². The van der Waals surface area contributed by atoms with Crippen molar-refractivity contribution in [3.8, 4) is 11.5 Å². The molecule has 150 valence electrons. The fourth-order valence-corrected chi connectivity index (χ4v) is 4.10. The smallest absolute Gasteiger partial charge is 0.278 e. The minimum absolute atomic E-state index is 0.0134. The molecule has 0 atom stereocenters. The van der Waals surface area contributed by atoms with Gasteiger partial charge in [0.2, 0.25) is 0 Å². The molecule has 3 aromatic rings. The number of amides is 1. The first kappa shape index (κ1) is 20.4. The van der Waals surface area contributed by atoms with Gasteiger partial charge in [0.05, 0.1) is 17.7 Å². The number of hydrogen-bond acceptors (Lipinski definition) is 5. The molecule has 0 saturated carbocycles. The zero-order valence-electron chi connectivity index (χ0n) is 16.1. The van der Waals surface area contributed by atoms with Gasteiger partial charge in [-0.05, 0) is 55.5 Å². The van der Waals surface area contributed by atoms with Crippen molar-refractivity contribution in [3.63, 3.8) is 0 Å². The molecule has 6 nitrogen and oxygen atoms in total. The van der Waals surface area contributed by atoms with E-state index in [9.17, 15) is 13.2 Å². The van der Waals surface area contributed by atoms with Crippen LogP contribution in [-0.2, 0) is 14.8 Å². The maximum absolute atomic E-state index is 13.2. The van der Waals surface area contributed by atoms with E-state index >= 15 is 0 Å². The fourth-order valence-electron chi connectivity index (χ4n) is 2.67. The molecule has 1 amide bonds. The minimum atomic E-state index is -4.12. The van der Waals surface area contributed by atoms with Gasteiger partial charge in [-0.2, -0.15) is 4.31 Å². The van der Waals surface area contributed by atoms with Gasteiger partial charge in [-0.3, -0.25) is 4.79 Å². The minimum Gasteiger partial charge on any atom is -0.497 e. The SMILES string of the molecule is COc1ccc(N(C(=O)COc2ccc(C)cc2)S(=O)(=O)c2ccccc2)cc1. The number of sulfonamides is 1. The zero-order chi connectivity index (χ0) is 20.9. The Bertz CT molecular complexity index is 1060. The lowest BCUT2D eigenvalue weighted by Crippen LogP contribution is -2.40. The van der Waals surface area contributed by atoms with E-state index in [2.05, 4.69) is 0 Å². The molecule has 3 rings (SSSR count). The molecular weight excluding hydrogens is 390 g/mol. The number of aryl methyl sites for hydroxylation is 1. The summed E-state index contributed by atoms with van der Waals surface area (Å²) in [4.78, 5) is 13.0. The van der Waals surface area contributed by atoms with Crippen LogP contribution in [-0.4, -0.2) is 28.0 Å². The molecule has 0 unspecified atom stereocenters. The third-order valence-corrected chi connectivity index (χ3v) is 5.96. The fraction of sp³-hybridized carbons (Fsp3) is 0.136. The number of carbonyl (C=O) groups is 1. The monoisotopic (exact) mass is 411 g/mol. The van der Waals surface area contributed by atoms with Gasteiger partial charge in [0.25, 0.3) is 15.9 Å². The largest absolute Gasteiger partial charge is 0.497 e. The summed E-state index contributed by atoms with van der Waals surface area (Å²) in [5.74, 6) is 0.324. The molecular formula is C22H21NO5S. The standard InChI is InChI=1S/C22H21NO5S/c1-17-8-12-20(13-9-17)28-16-22(24)23(18-10-14-19(27-2)15-11-18)29(25,26)21-6-4-3-5-7-21/h3-15H,16H2,1-2H3. The van der Waals surface area contributed by atoms with Crippen molar-refractivity contribution in [2.24, 2.45) is 0 Å². The van der Waals surface area contributed by atoms with Crippen molar-refractivity contribution in [1.82, 2.24) is 0 Å². The van der Waals surface area contributed by atoms with Crippen molar-refractivity contribution in [3.05, 3.63) is 84.4 Å². The molecule has 29 heavy (non-hydrogen) atoms. The van der Waals surface area contributed by atoms with Crippen LogP contribution >= 0.6 is 0 Å². The maximum atomic E-state index is 13.2. The van der Waals surface area contributed by atoms with Crippen LogP contribution in [0.15, 0.2) is 83.8 Å². The Hall–Kier alpha value is -3.32. The number of anilines is 1. The van der Waals surface area contributed by atoms with Crippen LogP contribution in [0.4, 0.5) is 5.69 Å². The van der Waals surface area contributed by atoms with Crippen molar-refractivity contribution in [1.29, 1.82) is 0 Å². The van der Waals surface area contributed by atoms with Gasteiger partial charge in [-0.15, -0.1) is 0 Å². The molecule has 0 spiro atoms. The van der Waals surface area contributed by atoms with Gasteiger partial charge in [-0.25, -0.2) is 8.42 Å². The maximum Gasteiger partial charge on any atom is 0.278 e. The summed E-state index contributed by atoms with van der Waals surface area (Å²) in [6, 6.07) is 21.2. The van der Waals surface area contributed by atoms with Crippen LogP contribution < -0.4 is 13.8 Å². The number of rotatable bonds is 7. The van der Waals surface area contributed by atoms with Gasteiger partial charge in [0.15, 0.2) is 6.61 Å². The van der Waals surface area contributed by atoms with Crippen molar-refractivity contribution in [2.75, 3.05) is 18.0 Å². The quantitative estimate of drug-likeness (QED) is 0.591. The highest BCUT2D eigenvalue weighted by Gasteiger charge is 2.31. The van der Waals surface area contributed by atoms with Crippen LogP contribution in [0.25, 0.3) is 0 Å². The van der Waals surface area contributed by atoms with E-state index in [1.807, 2.05) is 19.1 Å². The summed E-state index contributed by atoms with van der Waals surface area (Å²) >= 11 is 0. The highest BCUT2D eigenvalue weighted by atomic mass is 32.2. The molecule has 0 aromatic heterocycles. The van der Waals surface area contributed by atoms with Crippen LogP contribution in [0.2, 0.25) is 0 Å². The predicted molar refractivity (Wildman–Crippen MR) is 111 cm³/mol. The van der Waals surface area contributed by atoms with E-state index in [0.717, 1.165) is 9.87 Å². The molecule has 0 bridgehead atoms. The molecule has 0 aliphatic heterocycles. The summed E-state index contributed by atoms with van der Waals surface area (Å²) < 4.78 is 37.8. The van der Waals surface area contributed by atoms with Crippen LogP contribution in [0.5, 0.6) is 11.5 Å². The average molecular weight is 411 g/mol. The third-order valence-electron chi connectivity index (χ3n) is 4.20. The normalized spacial score (nSPS) is 11.0. The number of hydrogen-bond donors (Lipinski definition) is 0. The van der Waals surface area contributed by atoms with Crippen molar-refractivity contribution in [2.45, 2.75) is 11.8 Å².